The molecule has 9 heteroatoms. The van der Waals surface area contributed by atoms with Crippen LogP contribution in [0, 0.1) is 0 Å². The number of carbonyl (C=O) groups is 1. The standard InChI is InChI=1S/C19H30N6O2S/c1-4-7-8-23(6-3)15(26)13-25-14-20-17-16(18(25)27)28-19(21-17)24-11-9-22(5-2)10-12-24/h14H,4-13H2,1-3H3. The zero-order chi connectivity index (χ0) is 20.1. The lowest BCUT2D eigenvalue weighted by Gasteiger charge is -2.33. The molecule has 1 saturated heterocycles. The van der Waals surface area contributed by atoms with Crippen molar-refractivity contribution in [2.75, 3.05) is 50.7 Å². The Balaban J connectivity index is 1.76. The molecule has 0 spiro atoms. The first kappa shape index (κ1) is 20.7. The number of hydrogen-bond donors (Lipinski definition) is 0. The molecule has 8 nitrogen and oxygen atoms in total. The van der Waals surface area contributed by atoms with Crippen molar-refractivity contribution < 1.29 is 4.79 Å². The summed E-state index contributed by atoms with van der Waals surface area (Å²) in [5.74, 6) is -0.0420. The molecule has 1 aliphatic heterocycles. The molecular formula is C19H30N6O2S. The Kier molecular flexibility index (Phi) is 7.01. The van der Waals surface area contributed by atoms with Crippen LogP contribution >= 0.6 is 11.3 Å². The van der Waals surface area contributed by atoms with Crippen LogP contribution in [-0.2, 0) is 11.3 Å². The molecule has 0 unspecified atom stereocenters. The summed E-state index contributed by atoms with van der Waals surface area (Å²) in [7, 11) is 0. The SMILES string of the molecule is CCCCN(CC)C(=O)Cn1cnc2nc(N3CCN(CC)CC3)sc2c1=O. The van der Waals surface area contributed by atoms with E-state index in [9.17, 15) is 9.59 Å². The van der Waals surface area contributed by atoms with Crippen molar-refractivity contribution in [2.24, 2.45) is 0 Å². The molecule has 0 bridgehead atoms. The molecular weight excluding hydrogens is 376 g/mol. The smallest absolute Gasteiger partial charge is 0.273 e. The van der Waals surface area contributed by atoms with Gasteiger partial charge in [-0.25, -0.2) is 4.98 Å². The average Bonchev–Trinajstić information content (AvgIpc) is 3.16. The molecule has 0 saturated carbocycles. The Morgan fingerprint density at radius 2 is 1.96 bits per heavy atom. The van der Waals surface area contributed by atoms with E-state index < -0.39 is 0 Å². The minimum Gasteiger partial charge on any atom is -0.345 e. The number of piperazine rings is 1. The van der Waals surface area contributed by atoms with Crippen LogP contribution < -0.4 is 10.5 Å². The molecule has 28 heavy (non-hydrogen) atoms. The number of thiazole rings is 1. The van der Waals surface area contributed by atoms with E-state index in [1.54, 1.807) is 4.90 Å². The van der Waals surface area contributed by atoms with Crippen LogP contribution in [-0.4, -0.2) is 76.1 Å². The number of likely N-dealkylation sites (N-methyl/N-ethyl adjacent to an activating group) is 2. The summed E-state index contributed by atoms with van der Waals surface area (Å²) in [5.41, 5.74) is 0.297. The van der Waals surface area contributed by atoms with Crippen molar-refractivity contribution in [3.05, 3.63) is 16.7 Å². The van der Waals surface area contributed by atoms with E-state index in [0.717, 1.165) is 57.2 Å². The average molecular weight is 407 g/mol. The van der Waals surface area contributed by atoms with Gasteiger partial charge in [0.25, 0.3) is 5.56 Å². The highest BCUT2D eigenvalue weighted by atomic mass is 32.1. The summed E-state index contributed by atoms with van der Waals surface area (Å²) in [6.45, 7) is 12.5. The van der Waals surface area contributed by atoms with Crippen molar-refractivity contribution in [2.45, 2.75) is 40.2 Å². The monoisotopic (exact) mass is 406 g/mol. The summed E-state index contributed by atoms with van der Waals surface area (Å²) in [6.07, 6.45) is 3.46. The molecule has 0 radical (unpaired) electrons. The summed E-state index contributed by atoms with van der Waals surface area (Å²) >= 11 is 1.38. The zero-order valence-electron chi connectivity index (χ0n) is 17.1. The fraction of sp³-hybridized carbons (Fsp3) is 0.684. The molecule has 1 fully saturated rings. The van der Waals surface area contributed by atoms with Gasteiger partial charge in [0, 0.05) is 39.3 Å². The van der Waals surface area contributed by atoms with Gasteiger partial charge in [-0.15, -0.1) is 0 Å². The van der Waals surface area contributed by atoms with Gasteiger partial charge < -0.3 is 14.7 Å². The van der Waals surface area contributed by atoms with E-state index in [4.69, 9.17) is 0 Å². The zero-order valence-corrected chi connectivity index (χ0v) is 17.9. The fourth-order valence-corrected chi connectivity index (χ4v) is 4.41. The number of rotatable bonds is 8. The number of fused-ring (bicyclic) bond motifs is 1. The second-order valence-electron chi connectivity index (χ2n) is 7.08. The fourth-order valence-electron chi connectivity index (χ4n) is 3.39. The van der Waals surface area contributed by atoms with Gasteiger partial charge in [0.15, 0.2) is 10.8 Å². The van der Waals surface area contributed by atoms with Crippen LogP contribution in [0.2, 0.25) is 0 Å². The van der Waals surface area contributed by atoms with E-state index in [1.165, 1.54) is 22.2 Å². The molecule has 0 N–H and O–H groups in total. The van der Waals surface area contributed by atoms with Gasteiger partial charge in [-0.05, 0) is 19.9 Å². The molecule has 2 aromatic heterocycles. The highest BCUT2D eigenvalue weighted by Crippen LogP contribution is 2.26. The van der Waals surface area contributed by atoms with Crippen LogP contribution in [0.3, 0.4) is 0 Å². The molecule has 3 rings (SSSR count). The maximum absolute atomic E-state index is 12.9. The highest BCUT2D eigenvalue weighted by molar-refractivity contribution is 7.22. The summed E-state index contributed by atoms with van der Waals surface area (Å²) in [6, 6.07) is 0. The lowest BCUT2D eigenvalue weighted by Crippen LogP contribution is -2.46. The second-order valence-corrected chi connectivity index (χ2v) is 8.05. The van der Waals surface area contributed by atoms with Gasteiger partial charge in [-0.1, -0.05) is 31.6 Å². The van der Waals surface area contributed by atoms with E-state index in [1.807, 2.05) is 6.92 Å². The molecule has 0 aliphatic carbocycles. The van der Waals surface area contributed by atoms with E-state index in [0.29, 0.717) is 16.9 Å². The molecule has 2 aromatic rings. The number of aromatic nitrogens is 3. The third kappa shape index (κ3) is 4.52. The normalized spacial score (nSPS) is 15.3. The second kappa shape index (κ2) is 9.47. The van der Waals surface area contributed by atoms with Gasteiger partial charge in [0.2, 0.25) is 5.91 Å². The lowest BCUT2D eigenvalue weighted by atomic mass is 10.3. The molecule has 3 heterocycles. The molecule has 0 atom stereocenters. The minimum absolute atomic E-state index is 0.0295. The topological polar surface area (TPSA) is 74.6 Å². The van der Waals surface area contributed by atoms with Gasteiger partial charge >= 0.3 is 0 Å². The first-order valence-corrected chi connectivity index (χ1v) is 11.0. The predicted molar refractivity (Wildman–Crippen MR) is 113 cm³/mol. The van der Waals surface area contributed by atoms with Crippen LogP contribution in [0.15, 0.2) is 11.1 Å². The minimum atomic E-state index is -0.180. The predicted octanol–water partition coefficient (Wildman–Crippen LogP) is 1.64. The van der Waals surface area contributed by atoms with Crippen LogP contribution in [0.5, 0.6) is 0 Å². The first-order chi connectivity index (χ1) is 13.6. The van der Waals surface area contributed by atoms with E-state index >= 15 is 0 Å². The Bertz CT molecular complexity index is 856. The summed E-state index contributed by atoms with van der Waals surface area (Å²) < 4.78 is 1.94. The Morgan fingerprint density at radius 3 is 2.61 bits per heavy atom. The quantitative estimate of drug-likeness (QED) is 0.664. The molecule has 1 amide bonds. The van der Waals surface area contributed by atoms with Crippen molar-refractivity contribution in [1.29, 1.82) is 0 Å². The van der Waals surface area contributed by atoms with Gasteiger partial charge in [0.05, 0.1) is 0 Å². The largest absolute Gasteiger partial charge is 0.345 e. The number of hydrogen-bond acceptors (Lipinski definition) is 7. The lowest BCUT2D eigenvalue weighted by molar-refractivity contribution is -0.131. The van der Waals surface area contributed by atoms with Crippen LogP contribution in [0.25, 0.3) is 10.3 Å². The number of anilines is 1. The van der Waals surface area contributed by atoms with E-state index in [-0.39, 0.29) is 18.0 Å². The maximum atomic E-state index is 12.9. The summed E-state index contributed by atoms with van der Waals surface area (Å²) in [4.78, 5) is 40.8. The van der Waals surface area contributed by atoms with Gasteiger partial charge in [-0.2, -0.15) is 4.98 Å². The van der Waals surface area contributed by atoms with Crippen LogP contribution in [0.4, 0.5) is 5.13 Å². The highest BCUT2D eigenvalue weighted by Gasteiger charge is 2.21. The molecule has 154 valence electrons. The van der Waals surface area contributed by atoms with Gasteiger partial charge in [-0.3, -0.25) is 14.2 Å². The Morgan fingerprint density at radius 1 is 1.21 bits per heavy atom. The third-order valence-corrected chi connectivity index (χ3v) is 6.38. The Labute approximate surface area is 169 Å². The van der Waals surface area contributed by atoms with Crippen molar-refractivity contribution in [3.63, 3.8) is 0 Å². The first-order valence-electron chi connectivity index (χ1n) is 10.2. The Hall–Kier alpha value is -2.00. The number of carbonyl (C=O) groups excluding carboxylic acids is 1. The third-order valence-electron chi connectivity index (χ3n) is 5.28. The van der Waals surface area contributed by atoms with Crippen LogP contribution in [0.1, 0.15) is 33.6 Å². The molecule has 1 aliphatic rings. The number of nitrogens with zero attached hydrogens (tertiary/aromatic N) is 6. The van der Waals surface area contributed by atoms with Crippen molar-refractivity contribution >= 4 is 32.7 Å². The van der Waals surface area contributed by atoms with Crippen molar-refractivity contribution in [3.8, 4) is 0 Å². The maximum Gasteiger partial charge on any atom is 0.273 e. The molecule has 0 aromatic carbocycles. The number of amides is 1. The summed E-state index contributed by atoms with van der Waals surface area (Å²) in [5, 5.41) is 0.845. The van der Waals surface area contributed by atoms with E-state index in [2.05, 4.69) is 33.6 Å². The number of unbranched alkanes of at least 4 members (excludes halogenated alkanes) is 1. The van der Waals surface area contributed by atoms with Crippen molar-refractivity contribution in [1.82, 2.24) is 24.3 Å². The van der Waals surface area contributed by atoms with Gasteiger partial charge in [0.1, 0.15) is 17.6 Å².